The SMILES string of the molecule is CC(=O)Nc1ccc(S(=O)(=O)[C@H]2CS(=O)(=O)C[C@@H]2NCC(C)(C)N2CCCCC2)cc1. The fourth-order valence-corrected chi connectivity index (χ4v) is 9.13. The smallest absolute Gasteiger partial charge is 0.221 e. The van der Waals surface area contributed by atoms with Crippen LogP contribution in [0.3, 0.4) is 0 Å². The maximum Gasteiger partial charge on any atom is 0.221 e. The molecule has 10 heteroatoms. The molecule has 2 heterocycles. The number of rotatable bonds is 7. The predicted octanol–water partition coefficient (Wildman–Crippen LogP) is 1.44. The quantitative estimate of drug-likeness (QED) is 0.619. The van der Waals surface area contributed by atoms with Crippen LogP contribution >= 0.6 is 0 Å². The van der Waals surface area contributed by atoms with E-state index in [1.54, 1.807) is 0 Å². The lowest BCUT2D eigenvalue weighted by molar-refractivity contribution is -0.114. The van der Waals surface area contributed by atoms with Gasteiger partial charge in [-0.05, 0) is 64.0 Å². The summed E-state index contributed by atoms with van der Waals surface area (Å²) in [6.07, 6.45) is 3.52. The summed E-state index contributed by atoms with van der Waals surface area (Å²) in [6, 6.07) is 5.20. The molecule has 3 rings (SSSR count). The average molecular weight is 472 g/mol. The van der Waals surface area contributed by atoms with Gasteiger partial charge in [-0.25, -0.2) is 16.8 Å². The van der Waals surface area contributed by atoms with Gasteiger partial charge in [-0.1, -0.05) is 6.42 Å². The number of amides is 1. The van der Waals surface area contributed by atoms with E-state index in [1.165, 1.54) is 37.6 Å². The first-order chi connectivity index (χ1) is 14.4. The molecule has 1 aromatic carbocycles. The van der Waals surface area contributed by atoms with Gasteiger partial charge in [0.05, 0.1) is 21.7 Å². The van der Waals surface area contributed by atoms with Crippen molar-refractivity contribution in [2.75, 3.05) is 36.5 Å². The molecule has 1 aromatic rings. The molecule has 1 amide bonds. The molecule has 0 spiro atoms. The zero-order valence-electron chi connectivity index (χ0n) is 18.4. The van der Waals surface area contributed by atoms with Crippen LogP contribution in [-0.4, -0.2) is 75.6 Å². The number of carbonyl (C=O) groups is 1. The number of hydrogen-bond acceptors (Lipinski definition) is 7. The number of likely N-dealkylation sites (tertiary alicyclic amines) is 1. The molecular weight excluding hydrogens is 438 g/mol. The number of anilines is 1. The van der Waals surface area contributed by atoms with Crippen molar-refractivity contribution in [3.8, 4) is 0 Å². The van der Waals surface area contributed by atoms with Crippen LogP contribution in [0.4, 0.5) is 5.69 Å². The highest BCUT2D eigenvalue weighted by atomic mass is 32.2. The summed E-state index contributed by atoms with van der Waals surface area (Å²) < 4.78 is 51.3. The van der Waals surface area contributed by atoms with E-state index in [-0.39, 0.29) is 27.8 Å². The highest BCUT2D eigenvalue weighted by molar-refractivity contribution is 7.96. The summed E-state index contributed by atoms with van der Waals surface area (Å²) in [5, 5.41) is 4.84. The van der Waals surface area contributed by atoms with Crippen LogP contribution in [0.2, 0.25) is 0 Å². The lowest BCUT2D eigenvalue weighted by Crippen LogP contribution is -2.56. The van der Waals surface area contributed by atoms with Crippen molar-refractivity contribution in [3.63, 3.8) is 0 Å². The minimum absolute atomic E-state index is 0.0609. The first kappa shape index (κ1) is 24.2. The number of sulfone groups is 2. The van der Waals surface area contributed by atoms with Crippen molar-refractivity contribution in [3.05, 3.63) is 24.3 Å². The summed E-state index contributed by atoms with van der Waals surface area (Å²) in [5.74, 6) is -0.820. The van der Waals surface area contributed by atoms with Crippen LogP contribution in [0.1, 0.15) is 40.0 Å². The van der Waals surface area contributed by atoms with Gasteiger partial charge < -0.3 is 10.6 Å². The second kappa shape index (κ2) is 9.17. The van der Waals surface area contributed by atoms with Gasteiger partial charge in [-0.2, -0.15) is 0 Å². The number of hydrogen-bond donors (Lipinski definition) is 2. The Morgan fingerprint density at radius 3 is 2.29 bits per heavy atom. The Kier molecular flexibility index (Phi) is 7.15. The minimum Gasteiger partial charge on any atom is -0.326 e. The minimum atomic E-state index is -3.86. The summed E-state index contributed by atoms with van der Waals surface area (Å²) in [6.45, 7) is 8.11. The second-order valence-electron chi connectivity index (χ2n) is 9.21. The van der Waals surface area contributed by atoms with E-state index in [0.717, 1.165) is 25.9 Å². The van der Waals surface area contributed by atoms with Gasteiger partial charge in [0.25, 0.3) is 0 Å². The van der Waals surface area contributed by atoms with E-state index in [9.17, 15) is 21.6 Å². The Hall–Kier alpha value is -1.49. The van der Waals surface area contributed by atoms with Gasteiger partial charge in [0.1, 0.15) is 0 Å². The van der Waals surface area contributed by atoms with E-state index in [1.807, 2.05) is 0 Å². The summed E-state index contributed by atoms with van der Waals surface area (Å²) in [7, 11) is -7.33. The Balaban J connectivity index is 1.76. The van der Waals surface area contributed by atoms with Gasteiger partial charge in [0.2, 0.25) is 5.91 Å². The number of nitrogens with one attached hydrogen (secondary N) is 2. The van der Waals surface area contributed by atoms with Crippen molar-refractivity contribution in [2.24, 2.45) is 0 Å². The van der Waals surface area contributed by atoms with Gasteiger partial charge in [0.15, 0.2) is 19.7 Å². The zero-order chi connectivity index (χ0) is 22.9. The van der Waals surface area contributed by atoms with Gasteiger partial charge in [-0.3, -0.25) is 9.69 Å². The van der Waals surface area contributed by atoms with Crippen LogP contribution in [0.15, 0.2) is 29.2 Å². The topological polar surface area (TPSA) is 113 Å². The third-order valence-electron chi connectivity index (χ3n) is 6.21. The van der Waals surface area contributed by atoms with Gasteiger partial charge in [0, 0.05) is 30.7 Å². The molecule has 174 valence electrons. The third-order valence-corrected chi connectivity index (χ3v) is 10.4. The van der Waals surface area contributed by atoms with E-state index in [2.05, 4.69) is 29.4 Å². The van der Waals surface area contributed by atoms with Crippen LogP contribution < -0.4 is 10.6 Å². The second-order valence-corrected chi connectivity index (χ2v) is 13.5. The lowest BCUT2D eigenvalue weighted by atomic mass is 9.98. The molecule has 0 aromatic heterocycles. The van der Waals surface area contributed by atoms with Crippen LogP contribution in [0.25, 0.3) is 0 Å². The normalized spacial score (nSPS) is 24.7. The molecular formula is C21H33N3O5S2. The monoisotopic (exact) mass is 471 g/mol. The Morgan fingerprint density at radius 2 is 1.71 bits per heavy atom. The maximum atomic E-state index is 13.3. The average Bonchev–Trinajstić information content (AvgIpc) is 3.03. The van der Waals surface area contributed by atoms with Crippen LogP contribution in [0.5, 0.6) is 0 Å². The Bertz CT molecular complexity index is 998. The summed E-state index contributed by atoms with van der Waals surface area (Å²) in [5.41, 5.74) is 0.296. The third kappa shape index (κ3) is 5.85. The summed E-state index contributed by atoms with van der Waals surface area (Å²) in [4.78, 5) is 13.6. The Labute approximate surface area is 185 Å². The van der Waals surface area contributed by atoms with Gasteiger partial charge >= 0.3 is 0 Å². The molecule has 8 nitrogen and oxygen atoms in total. The van der Waals surface area contributed by atoms with Crippen LogP contribution in [0, 0.1) is 0 Å². The Morgan fingerprint density at radius 1 is 1.10 bits per heavy atom. The molecule has 2 atom stereocenters. The standard InChI is InChI=1S/C21H33N3O5S2/c1-16(25)23-17-7-9-18(10-8-17)31(28,29)20-14-30(26,27)13-19(20)22-15-21(2,3)24-11-5-4-6-12-24/h7-10,19-20,22H,4-6,11-15H2,1-3H3,(H,23,25)/t19-,20-/m0/s1. The van der Waals surface area contributed by atoms with Crippen molar-refractivity contribution in [2.45, 2.75) is 61.8 Å². The van der Waals surface area contributed by atoms with Crippen LogP contribution in [-0.2, 0) is 24.5 Å². The summed E-state index contributed by atoms with van der Waals surface area (Å²) >= 11 is 0. The first-order valence-corrected chi connectivity index (χ1v) is 14.1. The predicted molar refractivity (Wildman–Crippen MR) is 122 cm³/mol. The molecule has 2 aliphatic rings. The van der Waals surface area contributed by atoms with E-state index < -0.39 is 31.0 Å². The fourth-order valence-electron chi connectivity index (χ4n) is 4.41. The van der Waals surface area contributed by atoms with Gasteiger partial charge in [-0.15, -0.1) is 0 Å². The zero-order valence-corrected chi connectivity index (χ0v) is 20.1. The molecule has 2 N–H and O–H groups in total. The largest absolute Gasteiger partial charge is 0.326 e. The van der Waals surface area contributed by atoms with Crippen molar-refractivity contribution in [1.29, 1.82) is 0 Å². The first-order valence-electron chi connectivity index (χ1n) is 10.7. The maximum absolute atomic E-state index is 13.3. The number of benzene rings is 1. The number of piperidine rings is 1. The van der Waals surface area contributed by atoms with E-state index in [4.69, 9.17) is 0 Å². The molecule has 0 unspecified atom stereocenters. The van der Waals surface area contributed by atoms with E-state index in [0.29, 0.717) is 12.2 Å². The molecule has 0 bridgehead atoms. The highest BCUT2D eigenvalue weighted by Crippen LogP contribution is 2.28. The van der Waals surface area contributed by atoms with Crippen molar-refractivity contribution in [1.82, 2.24) is 10.2 Å². The molecule has 31 heavy (non-hydrogen) atoms. The number of nitrogens with zero attached hydrogens (tertiary/aromatic N) is 1. The molecule has 0 radical (unpaired) electrons. The molecule has 2 aliphatic heterocycles. The molecule has 0 saturated carbocycles. The highest BCUT2D eigenvalue weighted by Gasteiger charge is 2.46. The molecule has 2 saturated heterocycles. The number of carbonyl (C=O) groups excluding carboxylic acids is 1. The molecule has 2 fully saturated rings. The van der Waals surface area contributed by atoms with Crippen molar-refractivity contribution < 1.29 is 21.6 Å². The van der Waals surface area contributed by atoms with Crippen molar-refractivity contribution >= 4 is 31.3 Å². The fraction of sp³-hybridized carbons (Fsp3) is 0.667. The molecule has 0 aliphatic carbocycles. The lowest BCUT2D eigenvalue weighted by Gasteiger charge is -2.42. The van der Waals surface area contributed by atoms with E-state index >= 15 is 0 Å².